The third-order valence-corrected chi connectivity index (χ3v) is 3.63. The van der Waals surface area contributed by atoms with Crippen LogP contribution in [-0.4, -0.2) is 21.0 Å². The van der Waals surface area contributed by atoms with E-state index in [2.05, 4.69) is 5.32 Å². The summed E-state index contributed by atoms with van der Waals surface area (Å²) in [6, 6.07) is 6.79. The fourth-order valence-corrected chi connectivity index (χ4v) is 2.19. The smallest absolute Gasteiger partial charge is 0.300 e. The molecule has 0 unspecified atom stereocenters. The molecule has 0 saturated heterocycles. The summed E-state index contributed by atoms with van der Waals surface area (Å²) >= 11 is 0. The second-order valence-electron chi connectivity index (χ2n) is 5.27. The van der Waals surface area contributed by atoms with E-state index in [1.54, 1.807) is 18.2 Å². The van der Waals surface area contributed by atoms with Crippen molar-refractivity contribution < 1.29 is 19.8 Å². The number of hydroxylamine groups is 1. The topological polar surface area (TPSA) is 148 Å². The molecule has 10 heteroatoms. The fraction of sp³-hybridized carbons (Fsp3) is 0.133. The summed E-state index contributed by atoms with van der Waals surface area (Å²) in [6.45, 7) is 3.71. The largest absolute Gasteiger partial charge is 0.344 e. The molecule has 0 atom stereocenters. The van der Waals surface area contributed by atoms with Crippen molar-refractivity contribution in [2.45, 2.75) is 13.8 Å². The number of aryl methyl sites for hydroxylation is 2. The van der Waals surface area contributed by atoms with Crippen LogP contribution in [0.4, 0.5) is 22.7 Å². The normalized spacial score (nSPS) is 10.2. The van der Waals surface area contributed by atoms with Crippen molar-refractivity contribution in [3.63, 3.8) is 0 Å². The number of nitrogens with one attached hydrogen (secondary N) is 2. The lowest BCUT2D eigenvalue weighted by molar-refractivity contribution is -0.392. The van der Waals surface area contributed by atoms with Gasteiger partial charge in [0.05, 0.1) is 15.4 Å². The number of nitro benzene ring substituents is 2. The third-order valence-electron chi connectivity index (χ3n) is 3.63. The molecule has 0 saturated carbocycles. The summed E-state index contributed by atoms with van der Waals surface area (Å²) < 4.78 is 0. The van der Waals surface area contributed by atoms with Crippen LogP contribution >= 0.6 is 0 Å². The number of carbonyl (C=O) groups excluding carboxylic acids is 1. The molecule has 0 radical (unpaired) electrons. The Hall–Kier alpha value is -3.53. The predicted octanol–water partition coefficient (Wildman–Crippen LogP) is 2.98. The molecule has 0 aliphatic rings. The Morgan fingerprint density at radius 2 is 1.56 bits per heavy atom. The first-order valence-corrected chi connectivity index (χ1v) is 7.00. The van der Waals surface area contributed by atoms with Gasteiger partial charge < -0.3 is 5.32 Å². The highest BCUT2D eigenvalue weighted by atomic mass is 16.6. The molecular weight excluding hydrogens is 332 g/mol. The summed E-state index contributed by atoms with van der Waals surface area (Å²) in [7, 11) is 0. The van der Waals surface area contributed by atoms with Crippen LogP contribution in [0.1, 0.15) is 21.5 Å². The number of amides is 1. The third kappa shape index (κ3) is 3.70. The molecule has 3 N–H and O–H groups in total. The van der Waals surface area contributed by atoms with E-state index in [4.69, 9.17) is 5.21 Å². The van der Waals surface area contributed by atoms with Crippen molar-refractivity contribution in [1.29, 1.82) is 0 Å². The standard InChI is InChI=1S/C15H14N4O6/c1-8-3-4-11(5-9(8)2)16-14-12(18(22)23)6-10(15(20)17-21)7-13(14)19(24)25/h3-7,16,21H,1-2H3,(H,17,20). The molecule has 1 amide bonds. The molecule has 0 fully saturated rings. The van der Waals surface area contributed by atoms with Crippen LogP contribution < -0.4 is 10.8 Å². The van der Waals surface area contributed by atoms with Crippen molar-refractivity contribution in [2.24, 2.45) is 0 Å². The second kappa shape index (κ2) is 6.93. The lowest BCUT2D eigenvalue weighted by Crippen LogP contribution is -2.19. The number of benzene rings is 2. The molecule has 0 aromatic heterocycles. The molecule has 0 spiro atoms. The molecule has 0 bridgehead atoms. The average Bonchev–Trinajstić information content (AvgIpc) is 2.57. The van der Waals surface area contributed by atoms with E-state index >= 15 is 0 Å². The number of carbonyl (C=O) groups is 1. The van der Waals surface area contributed by atoms with E-state index in [0.29, 0.717) is 5.69 Å². The molecule has 130 valence electrons. The Kier molecular flexibility index (Phi) is 4.94. The van der Waals surface area contributed by atoms with Crippen LogP contribution in [-0.2, 0) is 0 Å². The maximum absolute atomic E-state index is 11.5. The molecule has 2 aromatic carbocycles. The van der Waals surface area contributed by atoms with Crippen LogP contribution in [0.3, 0.4) is 0 Å². The van der Waals surface area contributed by atoms with E-state index in [0.717, 1.165) is 23.3 Å². The maximum Gasteiger partial charge on any atom is 0.300 e. The first-order valence-electron chi connectivity index (χ1n) is 7.00. The van der Waals surface area contributed by atoms with Gasteiger partial charge in [0, 0.05) is 17.8 Å². The maximum atomic E-state index is 11.5. The predicted molar refractivity (Wildman–Crippen MR) is 88.2 cm³/mol. The first kappa shape index (κ1) is 17.8. The SMILES string of the molecule is Cc1ccc(Nc2c([N+](=O)[O-])cc(C(=O)NO)cc2[N+](=O)[O-])cc1C. The highest BCUT2D eigenvalue weighted by Crippen LogP contribution is 2.38. The monoisotopic (exact) mass is 346 g/mol. The zero-order valence-electron chi connectivity index (χ0n) is 13.3. The Balaban J connectivity index is 2.65. The number of hydrogen-bond donors (Lipinski definition) is 3. The number of nitro groups is 2. The van der Waals surface area contributed by atoms with Gasteiger partial charge in [-0.3, -0.25) is 30.2 Å². The van der Waals surface area contributed by atoms with Gasteiger partial charge >= 0.3 is 11.4 Å². The molecule has 0 aliphatic heterocycles. The summed E-state index contributed by atoms with van der Waals surface area (Å²) in [5.74, 6) is -1.09. The summed E-state index contributed by atoms with van der Waals surface area (Å²) in [6.07, 6.45) is 0. The number of hydrogen-bond acceptors (Lipinski definition) is 7. The Bertz CT molecular complexity index is 845. The number of nitrogens with zero attached hydrogens (tertiary/aromatic N) is 2. The van der Waals surface area contributed by atoms with Crippen molar-refractivity contribution in [1.82, 2.24) is 5.48 Å². The van der Waals surface area contributed by atoms with Gasteiger partial charge in [-0.15, -0.1) is 0 Å². The number of anilines is 2. The van der Waals surface area contributed by atoms with E-state index in [1.165, 1.54) is 5.48 Å². The van der Waals surface area contributed by atoms with Gasteiger partial charge in [-0.25, -0.2) is 5.48 Å². The molecule has 25 heavy (non-hydrogen) atoms. The van der Waals surface area contributed by atoms with Crippen molar-refractivity contribution in [2.75, 3.05) is 5.32 Å². The summed E-state index contributed by atoms with van der Waals surface area (Å²) in [5, 5.41) is 34.0. The molecule has 0 aliphatic carbocycles. The quantitative estimate of drug-likeness (QED) is 0.428. The molecule has 2 aromatic rings. The van der Waals surface area contributed by atoms with Gasteiger partial charge in [0.15, 0.2) is 5.69 Å². The van der Waals surface area contributed by atoms with Gasteiger partial charge in [-0.1, -0.05) is 6.07 Å². The second-order valence-corrected chi connectivity index (χ2v) is 5.27. The van der Waals surface area contributed by atoms with E-state index in [9.17, 15) is 25.0 Å². The van der Waals surface area contributed by atoms with E-state index in [1.807, 2.05) is 13.8 Å². The van der Waals surface area contributed by atoms with Crippen molar-refractivity contribution in [3.05, 3.63) is 67.3 Å². The minimum absolute atomic E-state index is 0.354. The van der Waals surface area contributed by atoms with Gasteiger partial charge in [-0.2, -0.15) is 0 Å². The highest BCUT2D eigenvalue weighted by molar-refractivity contribution is 5.97. The number of rotatable bonds is 5. The summed E-state index contributed by atoms with van der Waals surface area (Å²) in [4.78, 5) is 32.4. The average molecular weight is 346 g/mol. The van der Waals surface area contributed by atoms with E-state index in [-0.39, 0.29) is 5.69 Å². The van der Waals surface area contributed by atoms with Crippen LogP contribution in [0.25, 0.3) is 0 Å². The molecule has 2 rings (SSSR count). The molecule has 0 heterocycles. The van der Waals surface area contributed by atoms with Gasteiger partial charge in [0.2, 0.25) is 0 Å². The van der Waals surface area contributed by atoms with Crippen molar-refractivity contribution in [3.8, 4) is 0 Å². The minimum Gasteiger partial charge on any atom is -0.344 e. The van der Waals surface area contributed by atoms with Crippen LogP contribution in [0.2, 0.25) is 0 Å². The van der Waals surface area contributed by atoms with Crippen LogP contribution in [0, 0.1) is 34.1 Å². The van der Waals surface area contributed by atoms with Gasteiger partial charge in [0.25, 0.3) is 5.91 Å². The summed E-state index contributed by atoms with van der Waals surface area (Å²) in [5.41, 5.74) is 1.52. The fourth-order valence-electron chi connectivity index (χ4n) is 2.19. The Labute approximate surface area is 141 Å². The molecule has 10 nitrogen and oxygen atoms in total. The lowest BCUT2D eigenvalue weighted by Gasteiger charge is -2.11. The van der Waals surface area contributed by atoms with Crippen LogP contribution in [0.15, 0.2) is 30.3 Å². The Morgan fingerprint density at radius 1 is 1.00 bits per heavy atom. The lowest BCUT2D eigenvalue weighted by atomic mass is 10.1. The first-order chi connectivity index (χ1) is 11.7. The van der Waals surface area contributed by atoms with Crippen molar-refractivity contribution >= 4 is 28.7 Å². The van der Waals surface area contributed by atoms with E-state index < -0.39 is 32.7 Å². The minimum atomic E-state index is -1.09. The zero-order valence-corrected chi connectivity index (χ0v) is 13.3. The van der Waals surface area contributed by atoms with Gasteiger partial charge in [0.1, 0.15) is 0 Å². The molecular formula is C15H14N4O6. The zero-order chi connectivity index (χ0) is 18.7. The Morgan fingerprint density at radius 3 is 2.00 bits per heavy atom. The van der Waals surface area contributed by atoms with Gasteiger partial charge in [-0.05, 0) is 37.1 Å². The highest BCUT2D eigenvalue weighted by Gasteiger charge is 2.28. The van der Waals surface area contributed by atoms with Crippen LogP contribution in [0.5, 0.6) is 0 Å².